The Kier molecular flexibility index (Phi) is 4.33. The monoisotopic (exact) mass is 346 g/mol. The Hall–Kier alpha value is -2.88. The Labute approximate surface area is 153 Å². The molecule has 26 heavy (non-hydrogen) atoms. The zero-order valence-corrected chi connectivity index (χ0v) is 15.1. The van der Waals surface area contributed by atoms with E-state index in [1.807, 2.05) is 35.4 Å². The van der Waals surface area contributed by atoms with Gasteiger partial charge in [-0.1, -0.05) is 37.3 Å². The maximum absolute atomic E-state index is 12.7. The van der Waals surface area contributed by atoms with Crippen molar-refractivity contribution < 1.29 is 9.53 Å². The molecule has 0 saturated carbocycles. The smallest absolute Gasteiger partial charge is 0.248 e. The van der Waals surface area contributed by atoms with Crippen LogP contribution < -0.4 is 4.74 Å². The van der Waals surface area contributed by atoms with Gasteiger partial charge in [0.1, 0.15) is 12.3 Å². The van der Waals surface area contributed by atoms with Crippen LogP contribution >= 0.6 is 0 Å². The Morgan fingerprint density at radius 2 is 2.08 bits per heavy atom. The summed E-state index contributed by atoms with van der Waals surface area (Å²) in [5, 5.41) is 0. The van der Waals surface area contributed by atoms with Gasteiger partial charge in [-0.05, 0) is 46.9 Å². The number of nitrogens with zero attached hydrogens (tertiary/aromatic N) is 2. The summed E-state index contributed by atoms with van der Waals surface area (Å²) in [6.07, 6.45) is 5.67. The lowest BCUT2D eigenvalue weighted by Gasteiger charge is -2.32. The minimum Gasteiger partial charge on any atom is -0.497 e. The number of hydrogen-bond donors (Lipinski definition) is 0. The van der Waals surface area contributed by atoms with Gasteiger partial charge < -0.3 is 9.64 Å². The summed E-state index contributed by atoms with van der Waals surface area (Å²) in [7, 11) is 1.66. The highest BCUT2D eigenvalue weighted by atomic mass is 16.5. The number of rotatable bonds is 3. The SMILES string of the molecule is CCc1cccc2c1C=CN1C(=O)CN=C(c3cccc(OC)c3)CC21. The van der Waals surface area contributed by atoms with Crippen LogP contribution in [0.3, 0.4) is 0 Å². The van der Waals surface area contributed by atoms with E-state index in [9.17, 15) is 4.79 Å². The first-order valence-corrected chi connectivity index (χ1v) is 9.00. The van der Waals surface area contributed by atoms with Crippen LogP contribution in [0, 0.1) is 0 Å². The van der Waals surface area contributed by atoms with E-state index in [-0.39, 0.29) is 18.5 Å². The molecule has 2 aliphatic heterocycles. The van der Waals surface area contributed by atoms with Crippen LogP contribution in [0.15, 0.2) is 53.7 Å². The van der Waals surface area contributed by atoms with Crippen molar-refractivity contribution in [3.63, 3.8) is 0 Å². The molecule has 0 saturated heterocycles. The number of methoxy groups -OCH3 is 1. The minimum atomic E-state index is -0.0125. The normalized spacial score (nSPS) is 18.7. The molecule has 1 amide bonds. The van der Waals surface area contributed by atoms with E-state index in [4.69, 9.17) is 4.74 Å². The number of amides is 1. The Balaban J connectivity index is 1.76. The molecule has 2 aromatic rings. The molecule has 4 rings (SSSR count). The van der Waals surface area contributed by atoms with Gasteiger partial charge in [0.15, 0.2) is 0 Å². The molecule has 2 aliphatic rings. The Bertz CT molecular complexity index is 914. The quantitative estimate of drug-likeness (QED) is 0.843. The van der Waals surface area contributed by atoms with Crippen molar-refractivity contribution in [1.82, 2.24) is 4.90 Å². The molecule has 0 fully saturated rings. The number of aliphatic imine (C=N–C) groups is 1. The van der Waals surface area contributed by atoms with Crippen molar-refractivity contribution in [3.05, 3.63) is 70.9 Å². The molecule has 4 heteroatoms. The van der Waals surface area contributed by atoms with Crippen LogP contribution in [0.5, 0.6) is 5.75 Å². The number of fused-ring (bicyclic) bond motifs is 3. The predicted molar refractivity (Wildman–Crippen MR) is 103 cm³/mol. The summed E-state index contributed by atoms with van der Waals surface area (Å²) in [5.74, 6) is 0.839. The summed E-state index contributed by atoms with van der Waals surface area (Å²) in [6, 6.07) is 14.3. The highest BCUT2D eigenvalue weighted by molar-refractivity contribution is 6.03. The van der Waals surface area contributed by atoms with Crippen molar-refractivity contribution in [2.45, 2.75) is 25.8 Å². The van der Waals surface area contributed by atoms with E-state index >= 15 is 0 Å². The van der Waals surface area contributed by atoms with Crippen molar-refractivity contribution in [2.75, 3.05) is 13.7 Å². The van der Waals surface area contributed by atoms with Gasteiger partial charge in [-0.2, -0.15) is 0 Å². The van der Waals surface area contributed by atoms with Gasteiger partial charge in [-0.3, -0.25) is 9.79 Å². The van der Waals surface area contributed by atoms with Gasteiger partial charge >= 0.3 is 0 Å². The van der Waals surface area contributed by atoms with Gasteiger partial charge in [-0.15, -0.1) is 0 Å². The van der Waals surface area contributed by atoms with E-state index < -0.39 is 0 Å². The van der Waals surface area contributed by atoms with E-state index in [1.54, 1.807) is 7.11 Å². The van der Waals surface area contributed by atoms with Crippen LogP contribution in [-0.4, -0.2) is 30.2 Å². The first kappa shape index (κ1) is 16.6. The van der Waals surface area contributed by atoms with Crippen LogP contribution in [-0.2, 0) is 11.2 Å². The molecule has 0 N–H and O–H groups in total. The Morgan fingerprint density at radius 3 is 2.88 bits per heavy atom. The third-order valence-electron chi connectivity index (χ3n) is 5.19. The van der Waals surface area contributed by atoms with Gasteiger partial charge in [0, 0.05) is 18.3 Å². The lowest BCUT2D eigenvalue weighted by molar-refractivity contribution is -0.128. The molecule has 0 radical (unpaired) electrons. The average molecular weight is 346 g/mol. The minimum absolute atomic E-state index is 0.0125. The molecular weight excluding hydrogens is 324 g/mol. The van der Waals surface area contributed by atoms with Crippen molar-refractivity contribution in [1.29, 1.82) is 0 Å². The van der Waals surface area contributed by atoms with Gasteiger partial charge in [-0.25, -0.2) is 0 Å². The Morgan fingerprint density at radius 1 is 1.23 bits per heavy atom. The molecule has 0 aliphatic carbocycles. The van der Waals surface area contributed by atoms with Crippen molar-refractivity contribution in [2.24, 2.45) is 4.99 Å². The van der Waals surface area contributed by atoms with Crippen LogP contribution in [0.2, 0.25) is 0 Å². The van der Waals surface area contributed by atoms with E-state index in [0.29, 0.717) is 6.42 Å². The lowest BCUT2D eigenvalue weighted by atomic mass is 9.88. The van der Waals surface area contributed by atoms with Gasteiger partial charge in [0.25, 0.3) is 0 Å². The van der Waals surface area contributed by atoms with Crippen LogP contribution in [0.1, 0.15) is 41.6 Å². The first-order valence-electron chi connectivity index (χ1n) is 9.00. The van der Waals surface area contributed by atoms with E-state index in [1.165, 1.54) is 16.7 Å². The summed E-state index contributed by atoms with van der Waals surface area (Å²) >= 11 is 0. The zero-order valence-electron chi connectivity index (χ0n) is 15.1. The number of carbonyl (C=O) groups excluding carboxylic acids is 1. The summed E-state index contributed by atoms with van der Waals surface area (Å²) in [6.45, 7) is 2.34. The summed E-state index contributed by atoms with van der Waals surface area (Å²) < 4.78 is 5.35. The van der Waals surface area contributed by atoms with E-state index in [0.717, 1.165) is 23.4 Å². The fraction of sp³-hybridized carbons (Fsp3) is 0.273. The molecular formula is C22H22N2O2. The molecule has 2 heterocycles. The maximum atomic E-state index is 12.7. The molecule has 132 valence electrons. The predicted octanol–water partition coefficient (Wildman–Crippen LogP) is 4.00. The molecule has 0 aromatic heterocycles. The number of carbonyl (C=O) groups is 1. The molecule has 1 atom stereocenters. The molecule has 1 unspecified atom stereocenters. The molecule has 0 bridgehead atoms. The van der Waals surface area contributed by atoms with Gasteiger partial charge in [0.2, 0.25) is 5.91 Å². The third-order valence-corrected chi connectivity index (χ3v) is 5.19. The summed E-state index contributed by atoms with van der Waals surface area (Å²) in [4.78, 5) is 19.1. The second kappa shape index (κ2) is 6.79. The number of benzene rings is 2. The largest absolute Gasteiger partial charge is 0.497 e. The molecule has 4 nitrogen and oxygen atoms in total. The lowest BCUT2D eigenvalue weighted by Crippen LogP contribution is -2.33. The molecule has 0 spiro atoms. The standard InChI is InChI=1S/C22H22N2O2/c1-3-15-6-5-9-19-18(15)10-11-24-21(19)13-20(23-14-22(24)25)16-7-4-8-17(12-16)26-2/h4-12,21H,3,13-14H2,1-2H3. The number of ether oxygens (including phenoxy) is 1. The maximum Gasteiger partial charge on any atom is 0.248 e. The van der Waals surface area contributed by atoms with Crippen molar-refractivity contribution >= 4 is 17.7 Å². The fourth-order valence-electron chi connectivity index (χ4n) is 3.81. The zero-order chi connectivity index (χ0) is 18.1. The van der Waals surface area contributed by atoms with Gasteiger partial charge in [0.05, 0.1) is 13.2 Å². The summed E-state index contributed by atoms with van der Waals surface area (Å²) in [5.41, 5.74) is 5.73. The second-order valence-electron chi connectivity index (χ2n) is 6.61. The molecule has 2 aromatic carbocycles. The van der Waals surface area contributed by atoms with E-state index in [2.05, 4.69) is 36.2 Å². The fourth-order valence-corrected chi connectivity index (χ4v) is 3.81. The first-order chi connectivity index (χ1) is 12.7. The number of hydrogen-bond acceptors (Lipinski definition) is 3. The van der Waals surface area contributed by atoms with Crippen LogP contribution in [0.4, 0.5) is 0 Å². The second-order valence-corrected chi connectivity index (χ2v) is 6.61. The highest BCUT2D eigenvalue weighted by Gasteiger charge is 2.32. The number of aryl methyl sites for hydroxylation is 1. The van der Waals surface area contributed by atoms with Crippen LogP contribution in [0.25, 0.3) is 6.08 Å². The third kappa shape index (κ3) is 2.81. The topological polar surface area (TPSA) is 41.9 Å². The highest BCUT2D eigenvalue weighted by Crippen LogP contribution is 2.37. The average Bonchev–Trinajstić information content (AvgIpc) is 2.86. The van der Waals surface area contributed by atoms with Crippen molar-refractivity contribution in [3.8, 4) is 5.75 Å².